The third-order valence-electron chi connectivity index (χ3n) is 3.83. The molecular weight excluding hydrogens is 278 g/mol. The number of nitrogens with zero attached hydrogens (tertiary/aromatic N) is 3. The number of unbranched alkanes of at least 4 members (excludes halogenated alkanes) is 7. The van der Waals surface area contributed by atoms with E-state index in [9.17, 15) is 10.2 Å². The molecule has 5 nitrogen and oxygen atoms in total. The Kier molecular flexibility index (Phi) is 8.82. The van der Waals surface area contributed by atoms with E-state index in [1.807, 2.05) is 14.1 Å². The lowest BCUT2D eigenvalue weighted by Gasteiger charge is -2.14. The molecule has 0 atom stereocenters. The highest BCUT2D eigenvalue weighted by Gasteiger charge is 2.13. The average Bonchev–Trinajstić information content (AvgIpc) is 2.51. The van der Waals surface area contributed by atoms with Crippen molar-refractivity contribution in [3.8, 4) is 5.75 Å². The molecule has 0 amide bonds. The van der Waals surface area contributed by atoms with Crippen molar-refractivity contribution >= 4 is 5.95 Å². The molecule has 5 heteroatoms. The van der Waals surface area contributed by atoms with Gasteiger partial charge in [0, 0.05) is 14.1 Å². The first-order chi connectivity index (χ1) is 10.6. The van der Waals surface area contributed by atoms with Crippen molar-refractivity contribution in [3.05, 3.63) is 11.4 Å². The zero-order chi connectivity index (χ0) is 16.4. The Hall–Kier alpha value is -1.36. The van der Waals surface area contributed by atoms with Crippen LogP contribution in [0.15, 0.2) is 0 Å². The van der Waals surface area contributed by atoms with Gasteiger partial charge in [-0.3, -0.25) is 0 Å². The lowest BCUT2D eigenvalue weighted by molar-refractivity contribution is 0.269. The Bertz CT molecular complexity index is 436. The fraction of sp³-hybridized carbons (Fsp3) is 0.765. The number of aliphatic hydroxyl groups excluding tert-OH is 1. The van der Waals surface area contributed by atoms with E-state index in [0.29, 0.717) is 17.3 Å². The molecule has 1 rings (SSSR count). The van der Waals surface area contributed by atoms with Gasteiger partial charge in [-0.05, 0) is 12.8 Å². The summed E-state index contributed by atoms with van der Waals surface area (Å²) in [5, 5.41) is 19.4. The Morgan fingerprint density at radius 1 is 0.864 bits per heavy atom. The molecule has 2 N–H and O–H groups in total. The summed E-state index contributed by atoms with van der Waals surface area (Å²) in [6, 6.07) is 0. The maximum absolute atomic E-state index is 10.1. The second-order valence-corrected chi connectivity index (χ2v) is 6.04. The number of rotatable bonds is 11. The van der Waals surface area contributed by atoms with E-state index in [2.05, 4.69) is 16.9 Å². The zero-order valence-electron chi connectivity index (χ0n) is 14.3. The van der Waals surface area contributed by atoms with Crippen LogP contribution in [0.3, 0.4) is 0 Å². The average molecular weight is 309 g/mol. The summed E-state index contributed by atoms with van der Waals surface area (Å²) in [6.45, 7) is 1.97. The number of anilines is 1. The first kappa shape index (κ1) is 18.7. The maximum atomic E-state index is 10.1. The number of aliphatic hydroxyl groups is 1. The summed E-state index contributed by atoms with van der Waals surface area (Å²) >= 11 is 0. The topological polar surface area (TPSA) is 69.5 Å². The van der Waals surface area contributed by atoms with Crippen LogP contribution < -0.4 is 4.90 Å². The first-order valence-corrected chi connectivity index (χ1v) is 8.47. The third-order valence-corrected chi connectivity index (χ3v) is 3.83. The number of hydrogen-bond acceptors (Lipinski definition) is 5. The van der Waals surface area contributed by atoms with Crippen LogP contribution in [0.5, 0.6) is 5.75 Å². The van der Waals surface area contributed by atoms with Gasteiger partial charge in [0.25, 0.3) is 0 Å². The molecule has 0 aliphatic carbocycles. The molecule has 1 aromatic heterocycles. The lowest BCUT2D eigenvalue weighted by Crippen LogP contribution is -2.15. The molecule has 0 radical (unpaired) electrons. The van der Waals surface area contributed by atoms with E-state index in [4.69, 9.17) is 0 Å². The van der Waals surface area contributed by atoms with Crippen LogP contribution in [0.4, 0.5) is 5.95 Å². The summed E-state index contributed by atoms with van der Waals surface area (Å²) in [5.41, 5.74) is 0.960. The van der Waals surface area contributed by atoms with Crippen LogP contribution in [0, 0.1) is 0 Å². The van der Waals surface area contributed by atoms with E-state index in [1.54, 1.807) is 4.90 Å². The van der Waals surface area contributed by atoms with Gasteiger partial charge in [0.15, 0.2) is 5.75 Å². The van der Waals surface area contributed by atoms with E-state index < -0.39 is 0 Å². The first-order valence-electron chi connectivity index (χ1n) is 8.47. The quantitative estimate of drug-likeness (QED) is 0.613. The maximum Gasteiger partial charge on any atom is 0.225 e. The third kappa shape index (κ3) is 6.18. The molecule has 0 aliphatic heterocycles. The number of aromatic nitrogens is 2. The molecule has 0 aromatic carbocycles. The lowest BCUT2D eigenvalue weighted by atomic mass is 10.1. The highest BCUT2D eigenvalue weighted by atomic mass is 16.3. The van der Waals surface area contributed by atoms with Gasteiger partial charge in [0.2, 0.25) is 5.95 Å². The fourth-order valence-corrected chi connectivity index (χ4v) is 2.45. The van der Waals surface area contributed by atoms with Gasteiger partial charge >= 0.3 is 0 Å². The normalized spacial score (nSPS) is 10.9. The SMILES string of the molecule is CCCCCCCCCCc1nc(N(C)C)nc(CO)c1O. The van der Waals surface area contributed by atoms with E-state index in [-0.39, 0.29) is 12.4 Å². The van der Waals surface area contributed by atoms with Crippen LogP contribution in [0.25, 0.3) is 0 Å². The minimum Gasteiger partial charge on any atom is -0.504 e. The largest absolute Gasteiger partial charge is 0.504 e. The van der Waals surface area contributed by atoms with Crippen molar-refractivity contribution < 1.29 is 10.2 Å². The molecule has 0 saturated carbocycles. The summed E-state index contributed by atoms with van der Waals surface area (Å²) in [4.78, 5) is 10.3. The van der Waals surface area contributed by atoms with Gasteiger partial charge in [-0.1, -0.05) is 51.9 Å². The van der Waals surface area contributed by atoms with Gasteiger partial charge in [-0.2, -0.15) is 0 Å². The van der Waals surface area contributed by atoms with Crippen LogP contribution in [0.2, 0.25) is 0 Å². The summed E-state index contributed by atoms with van der Waals surface area (Å²) < 4.78 is 0. The van der Waals surface area contributed by atoms with Crippen molar-refractivity contribution in [2.75, 3.05) is 19.0 Å². The molecule has 0 aliphatic rings. The Balaban J connectivity index is 2.43. The minimum absolute atomic E-state index is 0.0519. The van der Waals surface area contributed by atoms with Crippen LogP contribution >= 0.6 is 0 Å². The summed E-state index contributed by atoms with van der Waals surface area (Å²) in [6.07, 6.45) is 10.7. The minimum atomic E-state index is -0.264. The van der Waals surface area contributed by atoms with Crippen LogP contribution in [-0.2, 0) is 13.0 Å². The molecule has 126 valence electrons. The highest BCUT2D eigenvalue weighted by Crippen LogP contribution is 2.24. The molecular formula is C17H31N3O2. The fourth-order valence-electron chi connectivity index (χ4n) is 2.45. The molecule has 0 fully saturated rings. The molecule has 1 heterocycles. The van der Waals surface area contributed by atoms with Crippen LogP contribution in [-0.4, -0.2) is 34.3 Å². The summed E-state index contributed by atoms with van der Waals surface area (Å²) in [7, 11) is 3.71. The number of aromatic hydroxyl groups is 1. The van der Waals surface area contributed by atoms with Crippen molar-refractivity contribution in [2.45, 2.75) is 71.3 Å². The predicted octanol–water partition coefficient (Wildman–Crippen LogP) is 3.42. The Labute approximate surface area is 134 Å². The van der Waals surface area contributed by atoms with Gasteiger partial charge in [-0.25, -0.2) is 9.97 Å². The molecule has 0 saturated heterocycles. The van der Waals surface area contributed by atoms with Gasteiger partial charge in [0.05, 0.1) is 12.3 Å². The smallest absolute Gasteiger partial charge is 0.225 e. The van der Waals surface area contributed by atoms with Crippen molar-refractivity contribution in [1.29, 1.82) is 0 Å². The zero-order valence-corrected chi connectivity index (χ0v) is 14.3. The number of hydrogen-bond donors (Lipinski definition) is 2. The monoisotopic (exact) mass is 309 g/mol. The van der Waals surface area contributed by atoms with E-state index >= 15 is 0 Å². The Morgan fingerprint density at radius 3 is 1.95 bits per heavy atom. The van der Waals surface area contributed by atoms with E-state index in [0.717, 1.165) is 19.3 Å². The second-order valence-electron chi connectivity index (χ2n) is 6.04. The second kappa shape index (κ2) is 10.4. The molecule has 22 heavy (non-hydrogen) atoms. The van der Waals surface area contributed by atoms with E-state index in [1.165, 1.54) is 38.5 Å². The van der Waals surface area contributed by atoms with Crippen LogP contribution in [0.1, 0.15) is 69.7 Å². The Morgan fingerprint density at radius 2 is 1.41 bits per heavy atom. The standard InChI is InChI=1S/C17H31N3O2/c1-4-5-6-7-8-9-10-11-12-14-16(22)15(13-21)19-17(18-14)20(2)3/h21-22H,4-13H2,1-3H3. The van der Waals surface area contributed by atoms with Gasteiger partial charge < -0.3 is 15.1 Å². The predicted molar refractivity (Wildman–Crippen MR) is 90.3 cm³/mol. The van der Waals surface area contributed by atoms with Gasteiger partial charge in [-0.15, -0.1) is 0 Å². The molecule has 0 unspecified atom stereocenters. The van der Waals surface area contributed by atoms with Crippen molar-refractivity contribution in [2.24, 2.45) is 0 Å². The highest BCUT2D eigenvalue weighted by molar-refractivity contribution is 5.39. The van der Waals surface area contributed by atoms with Gasteiger partial charge in [0.1, 0.15) is 5.69 Å². The van der Waals surface area contributed by atoms with Crippen molar-refractivity contribution in [1.82, 2.24) is 9.97 Å². The number of aryl methyl sites for hydroxylation is 1. The summed E-state index contributed by atoms with van der Waals surface area (Å²) in [5.74, 6) is 0.590. The molecule has 0 spiro atoms. The molecule has 0 bridgehead atoms. The molecule has 1 aromatic rings. The van der Waals surface area contributed by atoms with Crippen molar-refractivity contribution in [3.63, 3.8) is 0 Å².